The minimum absolute atomic E-state index is 0.0369. The van der Waals surface area contributed by atoms with Gasteiger partial charge in [0.15, 0.2) is 0 Å². The topological polar surface area (TPSA) is 46.3 Å². The number of unbranched alkanes of at least 4 members (excludes halogenated alkanes) is 1. The van der Waals surface area contributed by atoms with Crippen molar-refractivity contribution in [3.8, 4) is 23.5 Å². The maximum atomic E-state index is 11.9. The monoisotopic (exact) mass is 741 g/mol. The summed E-state index contributed by atoms with van der Waals surface area (Å²) in [6.45, 7) is 30.4. The van der Waals surface area contributed by atoms with Crippen molar-refractivity contribution in [2.45, 2.75) is 129 Å². The number of carbonyl (C=O) groups is 1. The first-order valence-corrected chi connectivity index (χ1v) is 21.3. The van der Waals surface area contributed by atoms with E-state index >= 15 is 0 Å². The summed E-state index contributed by atoms with van der Waals surface area (Å²) < 4.78 is 0. The van der Waals surface area contributed by atoms with Gasteiger partial charge in [-0.15, -0.1) is 12.3 Å². The van der Waals surface area contributed by atoms with E-state index in [-0.39, 0.29) is 11.3 Å². The van der Waals surface area contributed by atoms with Crippen LogP contribution in [-0.2, 0) is 17.6 Å². The third-order valence-electron chi connectivity index (χ3n) is 7.85. The van der Waals surface area contributed by atoms with Gasteiger partial charge in [-0.1, -0.05) is 169 Å². The molecule has 0 fully saturated rings. The van der Waals surface area contributed by atoms with Crippen LogP contribution in [0.1, 0.15) is 130 Å². The molecule has 0 aliphatic heterocycles. The van der Waals surface area contributed by atoms with Crippen LogP contribution in [0.4, 0.5) is 5.69 Å². The van der Waals surface area contributed by atoms with E-state index in [0.29, 0.717) is 8.73 Å². The Morgan fingerprint density at radius 1 is 0.906 bits per heavy atom. The van der Waals surface area contributed by atoms with Gasteiger partial charge in [-0.2, -0.15) is 0 Å². The number of nitrogens with two attached hydrogens (primary N) is 1. The van der Waals surface area contributed by atoms with Gasteiger partial charge in [0.2, 0.25) is 5.91 Å². The molecule has 3 nitrogen and oxygen atoms in total. The molecular weight excluding hydrogens is 664 g/mol. The highest BCUT2D eigenvalue weighted by molar-refractivity contribution is 7.34. The number of terminal acetylenes is 1. The summed E-state index contributed by atoms with van der Waals surface area (Å²) in [6, 6.07) is 21.7. The van der Waals surface area contributed by atoms with Crippen LogP contribution in [0.2, 0.25) is 0 Å². The lowest BCUT2D eigenvalue weighted by molar-refractivity contribution is -0.116. The van der Waals surface area contributed by atoms with E-state index in [9.17, 15) is 4.79 Å². The summed E-state index contributed by atoms with van der Waals surface area (Å²) in [5.41, 5.74) is 16.4. The molecule has 3 aromatic carbocycles. The number of allylic oxidation sites excluding steroid dienone is 6. The Morgan fingerprint density at radius 3 is 2.00 bits per heavy atom. The number of aryl methyl sites for hydroxylation is 3. The fraction of sp³-hybridized carbons (Fsp3) is 0.449. The Balaban J connectivity index is -0.000000832. The van der Waals surface area contributed by atoms with E-state index in [0.717, 1.165) is 18.5 Å². The first-order chi connectivity index (χ1) is 25.4. The van der Waals surface area contributed by atoms with Gasteiger partial charge in [0.1, 0.15) is 0 Å². The molecule has 1 amide bonds. The van der Waals surface area contributed by atoms with Crippen LogP contribution < -0.4 is 10.4 Å². The molecule has 0 spiro atoms. The lowest BCUT2D eigenvalue weighted by atomic mass is 9.91. The molecule has 0 saturated heterocycles. The van der Waals surface area contributed by atoms with E-state index in [1.807, 2.05) is 61.3 Å². The number of hydrogen-bond acceptors (Lipinski definition) is 2. The van der Waals surface area contributed by atoms with Gasteiger partial charge in [0.25, 0.3) is 0 Å². The maximum absolute atomic E-state index is 11.9. The highest BCUT2D eigenvalue weighted by Crippen LogP contribution is 2.32. The number of hydrogen-bond donors (Lipinski definition) is 1. The van der Waals surface area contributed by atoms with Crippen LogP contribution in [0.25, 0.3) is 11.1 Å². The smallest absolute Gasteiger partial charge is 0.223 e. The van der Waals surface area contributed by atoms with Crippen LogP contribution in [0.5, 0.6) is 0 Å². The number of benzene rings is 3. The minimum Gasteiger partial charge on any atom is -0.316 e. The van der Waals surface area contributed by atoms with E-state index in [1.165, 1.54) is 63.8 Å². The molecule has 1 aliphatic carbocycles. The van der Waals surface area contributed by atoms with E-state index < -0.39 is 0 Å². The van der Waals surface area contributed by atoms with E-state index in [2.05, 4.69) is 139 Å². The van der Waals surface area contributed by atoms with Gasteiger partial charge in [-0.3, -0.25) is 4.79 Å². The summed E-state index contributed by atoms with van der Waals surface area (Å²) >= 11 is 0. The van der Waals surface area contributed by atoms with Crippen molar-refractivity contribution in [3.05, 3.63) is 124 Å². The van der Waals surface area contributed by atoms with Crippen LogP contribution in [0.3, 0.4) is 0 Å². The van der Waals surface area contributed by atoms with Crippen LogP contribution >= 0.6 is 8.73 Å². The Morgan fingerprint density at radius 2 is 1.49 bits per heavy atom. The van der Waals surface area contributed by atoms with Crippen molar-refractivity contribution in [2.75, 3.05) is 18.6 Å². The molecule has 0 aromatic heterocycles. The molecule has 2 N–H and O–H groups in total. The Hall–Kier alpha value is -3.70. The normalized spacial score (nSPS) is 11.6. The van der Waals surface area contributed by atoms with Gasteiger partial charge in [-0.05, 0) is 104 Å². The van der Waals surface area contributed by atoms with E-state index in [1.54, 1.807) is 18.7 Å². The van der Waals surface area contributed by atoms with Gasteiger partial charge < -0.3 is 10.4 Å². The molecule has 1 atom stereocenters. The van der Waals surface area contributed by atoms with Crippen LogP contribution in [-0.4, -0.2) is 19.6 Å². The first-order valence-electron chi connectivity index (χ1n) is 19.7. The molecule has 4 heteroatoms. The molecule has 0 radical (unpaired) electrons. The van der Waals surface area contributed by atoms with Crippen molar-refractivity contribution < 1.29 is 4.79 Å². The molecule has 0 heterocycles. The average Bonchev–Trinajstić information content (AvgIpc) is 3.33. The predicted octanol–water partition coefficient (Wildman–Crippen LogP) is 14.2. The summed E-state index contributed by atoms with van der Waals surface area (Å²) in [6.07, 6.45) is 21.5. The average molecular weight is 741 g/mol. The van der Waals surface area contributed by atoms with Gasteiger partial charge in [0, 0.05) is 25.1 Å². The molecule has 53 heavy (non-hydrogen) atoms. The molecule has 0 saturated carbocycles. The quantitative estimate of drug-likeness (QED) is 0.185. The SMILES string of the molecule is C#CC.CC.CC.CC.CCCCC1=CC=CC(C)(C)C=C1.CCc1ccc(-c2cc(N(C)C(C)=O)ccc2Cc2cccc(C)c2)cc1C.CPN. The van der Waals surface area contributed by atoms with Crippen molar-refractivity contribution in [1.29, 1.82) is 0 Å². The van der Waals surface area contributed by atoms with Gasteiger partial charge >= 0.3 is 0 Å². The third kappa shape index (κ3) is 22.9. The van der Waals surface area contributed by atoms with Crippen LogP contribution in [0, 0.1) is 31.6 Å². The van der Waals surface area contributed by atoms with Crippen molar-refractivity contribution >= 4 is 20.3 Å². The Kier molecular flexibility index (Phi) is 33.3. The zero-order valence-electron chi connectivity index (χ0n) is 36.7. The summed E-state index contributed by atoms with van der Waals surface area (Å²) in [5.74, 6) is 2.29. The number of carbonyl (C=O) groups excluding carboxylic acids is 1. The number of rotatable bonds is 8. The summed E-state index contributed by atoms with van der Waals surface area (Å²) in [7, 11) is 2.41. The highest BCUT2D eigenvalue weighted by atomic mass is 31.1. The molecule has 0 bridgehead atoms. The predicted molar refractivity (Wildman–Crippen MR) is 246 cm³/mol. The fourth-order valence-electron chi connectivity index (χ4n) is 5.08. The van der Waals surface area contributed by atoms with Gasteiger partial charge in [-0.25, -0.2) is 0 Å². The largest absolute Gasteiger partial charge is 0.316 e. The Bertz CT molecular complexity index is 1540. The van der Waals surface area contributed by atoms with Crippen molar-refractivity contribution in [2.24, 2.45) is 10.9 Å². The highest BCUT2D eigenvalue weighted by Gasteiger charge is 2.13. The lowest BCUT2D eigenvalue weighted by Gasteiger charge is -2.19. The van der Waals surface area contributed by atoms with Crippen molar-refractivity contribution in [3.63, 3.8) is 0 Å². The second-order valence-electron chi connectivity index (χ2n) is 12.5. The van der Waals surface area contributed by atoms with Crippen molar-refractivity contribution in [1.82, 2.24) is 0 Å². The molecule has 1 aliphatic rings. The molecular formula is C49H77N2OP. The number of nitrogens with zero attached hydrogens (tertiary/aromatic N) is 1. The molecule has 4 rings (SSSR count). The summed E-state index contributed by atoms with van der Waals surface area (Å²) in [5, 5.41) is 0. The Labute approximate surface area is 330 Å². The summed E-state index contributed by atoms with van der Waals surface area (Å²) in [4.78, 5) is 13.6. The number of anilines is 1. The lowest BCUT2D eigenvalue weighted by Crippen LogP contribution is -2.22. The molecule has 1 unspecified atom stereocenters. The molecule has 3 aromatic rings. The first kappa shape index (κ1) is 53.7. The second kappa shape index (κ2) is 32.9. The molecule has 294 valence electrons. The van der Waals surface area contributed by atoms with Gasteiger partial charge in [0.05, 0.1) is 0 Å². The standard InChI is InChI=1S/C26H29NO.C13H20.C3H4.3C2H6.CH6NP/c1-6-22-10-11-23(15-19(22)3)26-17-25(27(5)20(4)28)13-12-24(26)16-21-9-7-8-18(2)14-21;1-4-5-7-12-8-6-10-13(2,3)11-9-12;1-3-2;3*1-2;1-3-2/h7-15,17H,6,16H2,1-5H3;6,8-11H,4-5,7H2,1-3H3;1H,2H3;3*1-2H3;3H,2H2,1H3. The number of amides is 1. The zero-order chi connectivity index (χ0) is 41.4. The zero-order valence-corrected chi connectivity index (χ0v) is 37.7. The maximum Gasteiger partial charge on any atom is 0.223 e. The minimum atomic E-state index is 0.0369. The van der Waals surface area contributed by atoms with Crippen LogP contribution in [0.15, 0.2) is 96.6 Å². The second-order valence-corrected chi connectivity index (χ2v) is 13.1. The van der Waals surface area contributed by atoms with E-state index in [4.69, 9.17) is 5.50 Å². The third-order valence-corrected chi connectivity index (χ3v) is 7.85. The fourth-order valence-corrected chi connectivity index (χ4v) is 5.08.